The predicted octanol–water partition coefficient (Wildman–Crippen LogP) is 3.06. The smallest absolute Gasteiger partial charge is 0.126 e. The average molecular weight is 238 g/mol. The lowest BCUT2D eigenvalue weighted by molar-refractivity contribution is 0.117. The average Bonchev–Trinajstić information content (AvgIpc) is 2.70. The zero-order valence-corrected chi connectivity index (χ0v) is 10.2. The minimum Gasteiger partial charge on any atom is -0.494 e. The fourth-order valence-electron chi connectivity index (χ4n) is 2.39. The Morgan fingerprint density at radius 3 is 2.88 bits per heavy atom. The zero-order valence-electron chi connectivity index (χ0n) is 10.2. The zero-order chi connectivity index (χ0) is 12.3. The first-order valence-electron chi connectivity index (χ1n) is 6.24. The molecule has 0 radical (unpaired) electrons. The lowest BCUT2D eigenvalue weighted by Gasteiger charge is -2.14. The van der Waals surface area contributed by atoms with Gasteiger partial charge in [-0.2, -0.15) is 0 Å². The predicted molar refractivity (Wildman–Crippen MR) is 64.6 cm³/mol. The van der Waals surface area contributed by atoms with Crippen LogP contribution in [0.5, 0.6) is 5.75 Å². The summed E-state index contributed by atoms with van der Waals surface area (Å²) in [4.78, 5) is 0. The Morgan fingerprint density at radius 2 is 2.24 bits per heavy atom. The van der Waals surface area contributed by atoms with Crippen molar-refractivity contribution in [3.05, 3.63) is 29.6 Å². The highest BCUT2D eigenvalue weighted by Crippen LogP contribution is 2.28. The van der Waals surface area contributed by atoms with E-state index in [0.717, 1.165) is 25.7 Å². The van der Waals surface area contributed by atoms with Crippen molar-refractivity contribution < 1.29 is 14.2 Å². The first kappa shape index (κ1) is 12.4. The molecule has 2 nitrogen and oxygen atoms in total. The molecule has 3 heteroatoms. The highest BCUT2D eigenvalue weighted by atomic mass is 19.1. The van der Waals surface area contributed by atoms with Crippen molar-refractivity contribution in [2.45, 2.75) is 38.7 Å². The molecular formula is C14H19FO2. The summed E-state index contributed by atoms with van der Waals surface area (Å²) in [6, 6.07) is 4.78. The maximum absolute atomic E-state index is 13.0. The number of aliphatic hydroxyl groups excluding tert-OH is 1. The molecule has 2 atom stereocenters. The third-order valence-corrected chi connectivity index (χ3v) is 3.51. The second kappa shape index (κ2) is 5.50. The van der Waals surface area contributed by atoms with Gasteiger partial charge in [-0.3, -0.25) is 0 Å². The van der Waals surface area contributed by atoms with Crippen LogP contribution in [0.2, 0.25) is 0 Å². The highest BCUT2D eigenvalue weighted by Gasteiger charge is 2.24. The molecule has 1 aromatic carbocycles. The van der Waals surface area contributed by atoms with Crippen LogP contribution in [0, 0.1) is 18.7 Å². The Hall–Kier alpha value is -1.09. The maximum Gasteiger partial charge on any atom is 0.126 e. The van der Waals surface area contributed by atoms with Gasteiger partial charge in [0.15, 0.2) is 0 Å². The lowest BCUT2D eigenvalue weighted by atomic mass is 10.0. The molecule has 0 aliphatic heterocycles. The van der Waals surface area contributed by atoms with Crippen LogP contribution in [0.4, 0.5) is 4.39 Å². The van der Waals surface area contributed by atoms with Gasteiger partial charge in [0.05, 0.1) is 12.7 Å². The molecule has 94 valence electrons. The summed E-state index contributed by atoms with van der Waals surface area (Å²) in [5.41, 5.74) is 0.600. The van der Waals surface area contributed by atoms with Gasteiger partial charge >= 0.3 is 0 Å². The number of benzene rings is 1. The van der Waals surface area contributed by atoms with E-state index in [-0.39, 0.29) is 11.9 Å². The molecule has 1 N–H and O–H groups in total. The summed E-state index contributed by atoms with van der Waals surface area (Å²) in [5.74, 6) is 0.872. The molecule has 0 aromatic heterocycles. The summed E-state index contributed by atoms with van der Waals surface area (Å²) < 4.78 is 18.6. The second-order valence-electron chi connectivity index (χ2n) is 4.81. The largest absolute Gasteiger partial charge is 0.494 e. The molecule has 1 saturated carbocycles. The fraction of sp³-hybridized carbons (Fsp3) is 0.571. The van der Waals surface area contributed by atoms with Gasteiger partial charge < -0.3 is 9.84 Å². The van der Waals surface area contributed by atoms with Gasteiger partial charge in [0.1, 0.15) is 11.6 Å². The van der Waals surface area contributed by atoms with Crippen LogP contribution in [-0.2, 0) is 0 Å². The molecule has 1 fully saturated rings. The molecule has 0 heterocycles. The summed E-state index contributed by atoms with van der Waals surface area (Å²) in [7, 11) is 0. The maximum atomic E-state index is 13.0. The molecule has 1 aliphatic rings. The summed E-state index contributed by atoms with van der Waals surface area (Å²) in [6.07, 6.45) is 3.83. The van der Waals surface area contributed by atoms with E-state index >= 15 is 0 Å². The number of hydrogen-bond donors (Lipinski definition) is 1. The first-order chi connectivity index (χ1) is 8.16. The van der Waals surface area contributed by atoms with Gasteiger partial charge in [-0.05, 0) is 55.9 Å². The molecular weight excluding hydrogens is 219 g/mol. The van der Waals surface area contributed by atoms with Crippen LogP contribution in [0.15, 0.2) is 18.2 Å². The molecule has 2 rings (SSSR count). The van der Waals surface area contributed by atoms with Crippen LogP contribution < -0.4 is 4.74 Å². The minimum atomic E-state index is -0.205. The highest BCUT2D eigenvalue weighted by molar-refractivity contribution is 5.28. The summed E-state index contributed by atoms with van der Waals surface area (Å²) in [5, 5.41) is 9.66. The van der Waals surface area contributed by atoms with E-state index in [9.17, 15) is 9.50 Å². The Kier molecular flexibility index (Phi) is 4.00. The number of hydrogen-bond acceptors (Lipinski definition) is 2. The number of halogens is 1. The molecule has 17 heavy (non-hydrogen) atoms. The van der Waals surface area contributed by atoms with Crippen LogP contribution >= 0.6 is 0 Å². The number of ether oxygens (including phenoxy) is 1. The third-order valence-electron chi connectivity index (χ3n) is 3.51. The standard InChI is InChI=1S/C14H19FO2/c1-10-9-12(5-6-13(10)15)17-8-7-11-3-2-4-14(11)16/h5-6,9,11,14,16H,2-4,7-8H2,1H3. The van der Waals surface area contributed by atoms with E-state index in [4.69, 9.17) is 4.74 Å². The van der Waals surface area contributed by atoms with Gasteiger partial charge in [-0.15, -0.1) is 0 Å². The lowest BCUT2D eigenvalue weighted by Crippen LogP contribution is -2.16. The monoisotopic (exact) mass is 238 g/mol. The van der Waals surface area contributed by atoms with Gasteiger partial charge in [0.2, 0.25) is 0 Å². The van der Waals surface area contributed by atoms with Gasteiger partial charge in [0, 0.05) is 0 Å². The molecule has 1 aliphatic carbocycles. The second-order valence-corrected chi connectivity index (χ2v) is 4.81. The number of aliphatic hydroxyl groups is 1. The Balaban J connectivity index is 1.79. The van der Waals surface area contributed by atoms with Crippen LogP contribution in [-0.4, -0.2) is 17.8 Å². The van der Waals surface area contributed by atoms with Gasteiger partial charge in [-0.25, -0.2) is 4.39 Å². The van der Waals surface area contributed by atoms with Crippen molar-refractivity contribution in [3.63, 3.8) is 0 Å². The Labute approximate surface area is 101 Å². The van der Waals surface area contributed by atoms with Gasteiger partial charge in [-0.1, -0.05) is 6.42 Å². The molecule has 1 aromatic rings. The van der Waals surface area contributed by atoms with E-state index in [1.807, 2.05) is 0 Å². The minimum absolute atomic E-state index is 0.159. The van der Waals surface area contributed by atoms with E-state index in [1.165, 1.54) is 6.07 Å². The fourth-order valence-corrected chi connectivity index (χ4v) is 2.39. The van der Waals surface area contributed by atoms with E-state index < -0.39 is 0 Å². The van der Waals surface area contributed by atoms with Crippen LogP contribution in [0.3, 0.4) is 0 Å². The van der Waals surface area contributed by atoms with Gasteiger partial charge in [0.25, 0.3) is 0 Å². The normalized spacial score (nSPS) is 23.9. The molecule has 0 bridgehead atoms. The van der Waals surface area contributed by atoms with Crippen molar-refractivity contribution in [3.8, 4) is 5.75 Å². The van der Waals surface area contributed by atoms with Crippen LogP contribution in [0.1, 0.15) is 31.2 Å². The first-order valence-corrected chi connectivity index (χ1v) is 6.24. The topological polar surface area (TPSA) is 29.5 Å². The molecule has 2 unspecified atom stereocenters. The molecule has 0 spiro atoms. The third kappa shape index (κ3) is 3.19. The van der Waals surface area contributed by atoms with E-state index in [2.05, 4.69) is 0 Å². The van der Waals surface area contributed by atoms with Crippen molar-refractivity contribution in [1.29, 1.82) is 0 Å². The summed E-state index contributed by atoms with van der Waals surface area (Å²) >= 11 is 0. The number of aryl methyl sites for hydroxylation is 1. The Morgan fingerprint density at radius 1 is 1.41 bits per heavy atom. The number of rotatable bonds is 4. The van der Waals surface area contributed by atoms with E-state index in [0.29, 0.717) is 23.8 Å². The molecule has 0 amide bonds. The van der Waals surface area contributed by atoms with Crippen molar-refractivity contribution in [2.75, 3.05) is 6.61 Å². The van der Waals surface area contributed by atoms with E-state index in [1.54, 1.807) is 19.1 Å². The molecule has 0 saturated heterocycles. The SMILES string of the molecule is Cc1cc(OCCC2CCCC2O)ccc1F. The van der Waals surface area contributed by atoms with Crippen molar-refractivity contribution in [2.24, 2.45) is 5.92 Å². The van der Waals surface area contributed by atoms with Crippen molar-refractivity contribution in [1.82, 2.24) is 0 Å². The van der Waals surface area contributed by atoms with Crippen molar-refractivity contribution >= 4 is 0 Å². The summed E-state index contributed by atoms with van der Waals surface area (Å²) in [6.45, 7) is 2.32. The Bertz CT molecular complexity index is 378. The van der Waals surface area contributed by atoms with Crippen LogP contribution in [0.25, 0.3) is 0 Å². The quantitative estimate of drug-likeness (QED) is 0.873.